The summed E-state index contributed by atoms with van der Waals surface area (Å²) in [6, 6.07) is 2.70. The third-order valence-corrected chi connectivity index (χ3v) is 7.83. The minimum atomic E-state index is -1.05. The molecule has 2 aliphatic heterocycles. The Morgan fingerprint density at radius 3 is 2.09 bits per heavy atom. The van der Waals surface area contributed by atoms with Crippen LogP contribution in [0.1, 0.15) is 59.4 Å². The summed E-state index contributed by atoms with van der Waals surface area (Å²) in [6.45, 7) is 8.70. The molecule has 5 N–H and O–H groups in total. The van der Waals surface area contributed by atoms with Crippen molar-refractivity contribution >= 4 is 35.4 Å². The van der Waals surface area contributed by atoms with Gasteiger partial charge in [-0.05, 0) is 49.3 Å². The summed E-state index contributed by atoms with van der Waals surface area (Å²) in [7, 11) is 1.55. The van der Waals surface area contributed by atoms with Gasteiger partial charge in [0.05, 0.1) is 13.7 Å². The van der Waals surface area contributed by atoms with Crippen LogP contribution in [0.2, 0.25) is 0 Å². The predicted molar refractivity (Wildman–Crippen MR) is 162 cm³/mol. The van der Waals surface area contributed by atoms with E-state index in [1.165, 1.54) is 4.90 Å². The van der Waals surface area contributed by atoms with Gasteiger partial charge in [0, 0.05) is 25.4 Å². The first-order valence-electron chi connectivity index (χ1n) is 15.2. The topological polar surface area (TPSA) is 175 Å². The van der Waals surface area contributed by atoms with Gasteiger partial charge < -0.3 is 36.2 Å². The summed E-state index contributed by atoms with van der Waals surface area (Å²) in [5.41, 5.74) is 0.749. The quantitative estimate of drug-likeness (QED) is 0.288. The molecular formula is C31H46N6O7. The van der Waals surface area contributed by atoms with Crippen LogP contribution in [0.5, 0.6) is 5.75 Å². The summed E-state index contributed by atoms with van der Waals surface area (Å²) in [4.78, 5) is 80.4. The number of benzene rings is 1. The second-order valence-electron chi connectivity index (χ2n) is 12.3. The molecule has 0 aromatic heterocycles. The van der Waals surface area contributed by atoms with Crippen molar-refractivity contribution in [2.75, 3.05) is 20.2 Å². The van der Waals surface area contributed by atoms with Crippen LogP contribution in [0.25, 0.3) is 0 Å². The average molecular weight is 615 g/mol. The van der Waals surface area contributed by atoms with Crippen LogP contribution in [-0.4, -0.2) is 90.8 Å². The smallest absolute Gasteiger partial charge is 0.245 e. The van der Waals surface area contributed by atoms with Crippen LogP contribution in [0.4, 0.5) is 0 Å². The largest absolute Gasteiger partial charge is 0.497 e. The van der Waals surface area contributed by atoms with Gasteiger partial charge in [-0.3, -0.25) is 28.8 Å². The fraction of sp³-hybridized carbons (Fsp3) is 0.613. The van der Waals surface area contributed by atoms with Crippen LogP contribution in [0.3, 0.4) is 0 Å². The summed E-state index contributed by atoms with van der Waals surface area (Å²) in [6.07, 6.45) is 0.909. The first-order chi connectivity index (χ1) is 20.8. The fourth-order valence-corrected chi connectivity index (χ4v) is 5.20. The molecule has 0 radical (unpaired) electrons. The zero-order chi connectivity index (χ0) is 32.6. The summed E-state index contributed by atoms with van der Waals surface area (Å²) >= 11 is 0. The third kappa shape index (κ3) is 9.68. The molecule has 13 nitrogen and oxygen atoms in total. The van der Waals surface area contributed by atoms with Gasteiger partial charge >= 0.3 is 0 Å². The monoisotopic (exact) mass is 614 g/mol. The number of hydrogen-bond donors (Lipinski definition) is 5. The Balaban J connectivity index is 1.95. The molecule has 2 saturated heterocycles. The highest BCUT2D eigenvalue weighted by Crippen LogP contribution is 2.15. The molecule has 13 heteroatoms. The Kier molecular flexibility index (Phi) is 12.1. The maximum absolute atomic E-state index is 13.6. The highest BCUT2D eigenvalue weighted by Gasteiger charge is 2.36. The number of ether oxygens (including phenoxy) is 1. The Morgan fingerprint density at radius 1 is 0.864 bits per heavy atom. The molecule has 5 atom stereocenters. The predicted octanol–water partition coefficient (Wildman–Crippen LogP) is 0.0197. The molecule has 0 bridgehead atoms. The number of amides is 6. The van der Waals surface area contributed by atoms with Crippen LogP contribution in [0, 0.1) is 11.8 Å². The lowest BCUT2D eigenvalue weighted by atomic mass is 10.0. The molecule has 242 valence electrons. The molecule has 0 saturated carbocycles. The van der Waals surface area contributed by atoms with Gasteiger partial charge in [-0.15, -0.1) is 0 Å². The van der Waals surface area contributed by atoms with E-state index in [9.17, 15) is 28.8 Å². The maximum Gasteiger partial charge on any atom is 0.245 e. The molecule has 0 unspecified atom stereocenters. The van der Waals surface area contributed by atoms with Crippen molar-refractivity contribution in [1.82, 2.24) is 31.5 Å². The van der Waals surface area contributed by atoms with Gasteiger partial charge in [-0.25, -0.2) is 0 Å². The molecule has 1 aromatic rings. The third-order valence-electron chi connectivity index (χ3n) is 7.83. The molecule has 0 aliphatic carbocycles. The Bertz CT molecular complexity index is 1220. The number of rotatable bonds is 7. The van der Waals surface area contributed by atoms with Gasteiger partial charge in [0.15, 0.2) is 0 Å². The van der Waals surface area contributed by atoms with Crippen LogP contribution in [-0.2, 0) is 35.2 Å². The zero-order valence-corrected chi connectivity index (χ0v) is 26.4. The molecule has 44 heavy (non-hydrogen) atoms. The Labute approximate surface area is 258 Å². The average Bonchev–Trinajstić information content (AvgIpc) is 3.40. The van der Waals surface area contributed by atoms with E-state index < -0.39 is 59.7 Å². The summed E-state index contributed by atoms with van der Waals surface area (Å²) < 4.78 is 5.21. The van der Waals surface area contributed by atoms with Gasteiger partial charge in [0.25, 0.3) is 0 Å². The Morgan fingerprint density at radius 2 is 1.52 bits per heavy atom. The number of carbonyl (C=O) groups excluding carboxylic acids is 6. The molecule has 6 amide bonds. The number of carbonyl (C=O) groups is 6. The summed E-state index contributed by atoms with van der Waals surface area (Å²) in [5, 5.41) is 13.8. The van der Waals surface area contributed by atoms with E-state index in [4.69, 9.17) is 4.74 Å². The van der Waals surface area contributed by atoms with E-state index in [0.29, 0.717) is 12.2 Å². The zero-order valence-electron chi connectivity index (χ0n) is 26.4. The van der Waals surface area contributed by atoms with Crippen molar-refractivity contribution in [3.63, 3.8) is 0 Å². The number of methoxy groups -OCH3 is 1. The molecule has 2 aliphatic rings. The highest BCUT2D eigenvalue weighted by atomic mass is 16.5. The number of hydrogen-bond acceptors (Lipinski definition) is 7. The first kappa shape index (κ1) is 34.3. The van der Waals surface area contributed by atoms with Crippen molar-refractivity contribution in [3.8, 4) is 5.75 Å². The van der Waals surface area contributed by atoms with E-state index in [-0.39, 0.29) is 50.1 Å². The summed E-state index contributed by atoms with van der Waals surface area (Å²) in [5.74, 6) is -2.36. The van der Waals surface area contributed by atoms with E-state index in [0.717, 1.165) is 5.56 Å². The van der Waals surface area contributed by atoms with Gasteiger partial charge in [-0.2, -0.15) is 0 Å². The second kappa shape index (κ2) is 15.5. The van der Waals surface area contributed by atoms with Crippen molar-refractivity contribution in [2.24, 2.45) is 11.8 Å². The minimum Gasteiger partial charge on any atom is -0.497 e. The van der Waals surface area contributed by atoms with Crippen molar-refractivity contribution < 1.29 is 33.5 Å². The molecular weight excluding hydrogens is 568 g/mol. The molecule has 0 spiro atoms. The van der Waals surface area contributed by atoms with E-state index in [1.807, 2.05) is 27.7 Å². The van der Waals surface area contributed by atoms with Crippen molar-refractivity contribution in [1.29, 1.82) is 0 Å². The second-order valence-corrected chi connectivity index (χ2v) is 12.3. The van der Waals surface area contributed by atoms with Crippen LogP contribution < -0.4 is 31.3 Å². The van der Waals surface area contributed by atoms with Crippen molar-refractivity contribution in [2.45, 2.75) is 90.5 Å². The fourth-order valence-electron chi connectivity index (χ4n) is 5.20. The lowest BCUT2D eigenvalue weighted by Crippen LogP contribution is -2.57. The number of nitrogens with one attached hydrogen (secondary N) is 5. The standard InChI is InChI=1S/C31H46N6O7/c1-17(2)13-23-30(42)35-24(14-20-7-9-21(44-6)10-8-20)29(41)32-19(5)28(40)36-25(18(3)4)15-37(16-27(39)34-23)31(43)22-11-12-26(38)33-22/h7-10,17-19,22-25H,11-16H2,1-6H3,(H,32,41)(H,33,38)(H,34,39)(H,35,42)(H,36,40)/t19-,22-,23+,24+,25-/m1/s1. The first-order valence-corrected chi connectivity index (χ1v) is 15.2. The van der Waals surface area contributed by atoms with Gasteiger partial charge in [0.2, 0.25) is 35.4 Å². The number of nitrogens with zero attached hydrogens (tertiary/aromatic N) is 1. The van der Waals surface area contributed by atoms with Crippen LogP contribution in [0.15, 0.2) is 24.3 Å². The lowest BCUT2D eigenvalue weighted by molar-refractivity contribution is -0.139. The normalized spacial score (nSPS) is 25.8. The van der Waals surface area contributed by atoms with E-state index >= 15 is 0 Å². The van der Waals surface area contributed by atoms with Crippen molar-refractivity contribution in [3.05, 3.63) is 29.8 Å². The van der Waals surface area contributed by atoms with Gasteiger partial charge in [-0.1, -0.05) is 39.8 Å². The highest BCUT2D eigenvalue weighted by molar-refractivity contribution is 5.96. The SMILES string of the molecule is COc1ccc(C[C@@H]2NC(=O)[C@H](CC(C)C)NC(=O)CN(C(=O)[C@H]3CCC(=O)N3)C[C@H](C(C)C)NC(=O)[C@@H](C)NC2=O)cc1. The van der Waals surface area contributed by atoms with E-state index in [1.54, 1.807) is 38.3 Å². The lowest BCUT2D eigenvalue weighted by Gasteiger charge is -2.32. The van der Waals surface area contributed by atoms with Gasteiger partial charge in [0.1, 0.15) is 29.9 Å². The molecule has 2 fully saturated rings. The minimum absolute atomic E-state index is 0.0101. The van der Waals surface area contributed by atoms with Crippen LogP contribution >= 0.6 is 0 Å². The molecule has 3 rings (SSSR count). The molecule has 2 heterocycles. The van der Waals surface area contributed by atoms with E-state index in [2.05, 4.69) is 26.6 Å². The molecule has 1 aromatic carbocycles. The Hall–Kier alpha value is -4.16. The maximum atomic E-state index is 13.6.